The highest BCUT2D eigenvalue weighted by atomic mass is 35.5. The molecule has 1 aromatic heterocycles. The maximum atomic E-state index is 10.3. The molecule has 0 radical (unpaired) electrons. The molecule has 5 heteroatoms. The molecule has 0 spiro atoms. The Bertz CT molecular complexity index is 385. The first-order chi connectivity index (χ1) is 7.73. The van der Waals surface area contributed by atoms with Crippen LogP contribution in [0.25, 0.3) is 0 Å². The van der Waals surface area contributed by atoms with Crippen LogP contribution in [0.4, 0.5) is 0 Å². The van der Waals surface area contributed by atoms with Crippen LogP contribution in [0.1, 0.15) is 32.2 Å². The number of nitrogens with one attached hydrogen (secondary N) is 1. The quantitative estimate of drug-likeness (QED) is 0.846. The Morgan fingerprint density at radius 2 is 2.12 bits per heavy atom. The molecule has 0 aliphatic rings. The zero-order chi connectivity index (χ0) is 13.2. The Labute approximate surface area is 108 Å². The van der Waals surface area contributed by atoms with Gasteiger partial charge < -0.3 is 10.4 Å². The van der Waals surface area contributed by atoms with Crippen LogP contribution in [0.5, 0.6) is 0 Å². The standard InChI is InChI=1S/C12H22ClN3O/c1-8(2)14-7-12(4,17)6-10-11(13)9(3)15-16(10)5/h8,14,17H,6-7H2,1-5H3. The van der Waals surface area contributed by atoms with Crippen LogP contribution in [0.2, 0.25) is 5.02 Å². The van der Waals surface area contributed by atoms with Gasteiger partial charge in [-0.15, -0.1) is 0 Å². The second-order valence-corrected chi connectivity index (χ2v) is 5.56. The number of hydrogen-bond donors (Lipinski definition) is 2. The minimum Gasteiger partial charge on any atom is -0.388 e. The summed E-state index contributed by atoms with van der Waals surface area (Å²) in [7, 11) is 1.85. The number of aliphatic hydroxyl groups is 1. The van der Waals surface area contributed by atoms with Crippen molar-refractivity contribution >= 4 is 11.6 Å². The van der Waals surface area contributed by atoms with Gasteiger partial charge >= 0.3 is 0 Å². The van der Waals surface area contributed by atoms with Crippen LogP contribution in [-0.4, -0.2) is 33.1 Å². The van der Waals surface area contributed by atoms with E-state index in [-0.39, 0.29) is 0 Å². The van der Waals surface area contributed by atoms with Crippen molar-refractivity contribution in [2.45, 2.75) is 45.8 Å². The van der Waals surface area contributed by atoms with E-state index < -0.39 is 5.60 Å². The van der Waals surface area contributed by atoms with Crippen molar-refractivity contribution in [1.29, 1.82) is 0 Å². The smallest absolute Gasteiger partial charge is 0.0848 e. The molecule has 0 aromatic carbocycles. The summed E-state index contributed by atoms with van der Waals surface area (Å²) >= 11 is 6.17. The Balaban J connectivity index is 2.75. The van der Waals surface area contributed by atoms with Gasteiger partial charge in [-0.25, -0.2) is 0 Å². The third kappa shape index (κ3) is 3.98. The highest BCUT2D eigenvalue weighted by Gasteiger charge is 2.25. The number of aryl methyl sites for hydroxylation is 2. The largest absolute Gasteiger partial charge is 0.388 e. The van der Waals surface area contributed by atoms with Crippen LogP contribution in [0.15, 0.2) is 0 Å². The summed E-state index contributed by atoms with van der Waals surface area (Å²) < 4.78 is 1.74. The molecular formula is C12H22ClN3O. The van der Waals surface area contributed by atoms with Crippen LogP contribution >= 0.6 is 11.6 Å². The maximum Gasteiger partial charge on any atom is 0.0848 e. The van der Waals surface area contributed by atoms with E-state index >= 15 is 0 Å². The van der Waals surface area contributed by atoms with Crippen LogP contribution in [0.3, 0.4) is 0 Å². The van der Waals surface area contributed by atoms with E-state index in [0.29, 0.717) is 24.0 Å². The molecule has 4 nitrogen and oxygen atoms in total. The fraction of sp³-hybridized carbons (Fsp3) is 0.750. The topological polar surface area (TPSA) is 50.1 Å². The lowest BCUT2D eigenvalue weighted by atomic mass is 9.99. The van der Waals surface area contributed by atoms with Crippen molar-refractivity contribution in [1.82, 2.24) is 15.1 Å². The van der Waals surface area contributed by atoms with Gasteiger partial charge in [-0.05, 0) is 13.8 Å². The lowest BCUT2D eigenvalue weighted by Gasteiger charge is -2.25. The maximum absolute atomic E-state index is 10.3. The first-order valence-corrected chi connectivity index (χ1v) is 6.24. The Morgan fingerprint density at radius 1 is 1.53 bits per heavy atom. The monoisotopic (exact) mass is 259 g/mol. The summed E-state index contributed by atoms with van der Waals surface area (Å²) in [6, 6.07) is 0.352. The SMILES string of the molecule is Cc1nn(C)c(CC(C)(O)CNC(C)C)c1Cl. The molecule has 1 unspecified atom stereocenters. The van der Waals surface area contributed by atoms with Gasteiger partial charge in [0.25, 0.3) is 0 Å². The second-order valence-electron chi connectivity index (χ2n) is 5.18. The number of aromatic nitrogens is 2. The number of hydrogen-bond acceptors (Lipinski definition) is 3. The Morgan fingerprint density at radius 3 is 2.53 bits per heavy atom. The highest BCUT2D eigenvalue weighted by Crippen LogP contribution is 2.23. The van der Waals surface area contributed by atoms with E-state index in [0.717, 1.165) is 11.4 Å². The third-order valence-corrected chi connectivity index (χ3v) is 3.19. The minimum absolute atomic E-state index is 0.352. The Kier molecular flexibility index (Phi) is 4.58. The van der Waals surface area contributed by atoms with E-state index in [4.69, 9.17) is 11.6 Å². The first kappa shape index (κ1) is 14.5. The molecular weight excluding hydrogens is 238 g/mol. The molecule has 1 heterocycles. The normalized spacial score (nSPS) is 15.3. The molecule has 0 saturated heterocycles. The zero-order valence-electron chi connectivity index (χ0n) is 11.2. The average molecular weight is 260 g/mol. The summed E-state index contributed by atoms with van der Waals surface area (Å²) in [4.78, 5) is 0. The van der Waals surface area contributed by atoms with Crippen molar-refractivity contribution in [2.24, 2.45) is 7.05 Å². The van der Waals surface area contributed by atoms with Crippen LogP contribution < -0.4 is 5.32 Å². The second kappa shape index (κ2) is 5.38. The molecule has 0 aliphatic heterocycles. The van der Waals surface area contributed by atoms with Crippen LogP contribution in [-0.2, 0) is 13.5 Å². The number of nitrogens with zero attached hydrogens (tertiary/aromatic N) is 2. The van der Waals surface area contributed by atoms with Crippen molar-refractivity contribution < 1.29 is 5.11 Å². The fourth-order valence-electron chi connectivity index (χ4n) is 1.72. The molecule has 0 aliphatic carbocycles. The summed E-state index contributed by atoms with van der Waals surface area (Å²) in [6.07, 6.45) is 0.489. The lowest BCUT2D eigenvalue weighted by Crippen LogP contribution is -2.42. The lowest BCUT2D eigenvalue weighted by molar-refractivity contribution is 0.0563. The van der Waals surface area contributed by atoms with Gasteiger partial charge in [0.2, 0.25) is 0 Å². The van der Waals surface area contributed by atoms with Gasteiger partial charge in [-0.1, -0.05) is 25.4 Å². The molecule has 0 bridgehead atoms. The van der Waals surface area contributed by atoms with Gasteiger partial charge in [0.15, 0.2) is 0 Å². The Hall–Kier alpha value is -0.580. The molecule has 1 rings (SSSR count). The molecule has 98 valence electrons. The van der Waals surface area contributed by atoms with E-state index in [1.807, 2.05) is 14.0 Å². The van der Waals surface area contributed by atoms with Gasteiger partial charge in [0.05, 0.1) is 22.0 Å². The first-order valence-electron chi connectivity index (χ1n) is 5.86. The average Bonchev–Trinajstić information content (AvgIpc) is 2.42. The third-order valence-electron chi connectivity index (χ3n) is 2.70. The predicted octanol–water partition coefficient (Wildman–Crippen LogP) is 1.67. The van der Waals surface area contributed by atoms with Crippen LogP contribution in [0, 0.1) is 6.92 Å². The van der Waals surface area contributed by atoms with Gasteiger partial charge in [0.1, 0.15) is 0 Å². The summed E-state index contributed by atoms with van der Waals surface area (Å²) in [5.41, 5.74) is 0.852. The van der Waals surface area contributed by atoms with E-state index in [9.17, 15) is 5.11 Å². The van der Waals surface area contributed by atoms with Crippen molar-refractivity contribution in [3.05, 3.63) is 16.4 Å². The van der Waals surface area contributed by atoms with Gasteiger partial charge in [0, 0.05) is 26.1 Å². The van der Waals surface area contributed by atoms with Gasteiger partial charge in [-0.2, -0.15) is 5.10 Å². The fourth-order valence-corrected chi connectivity index (χ4v) is 1.95. The summed E-state index contributed by atoms with van der Waals surface area (Å²) in [5.74, 6) is 0. The van der Waals surface area contributed by atoms with Gasteiger partial charge in [-0.3, -0.25) is 4.68 Å². The number of halogens is 1. The number of rotatable bonds is 5. The van der Waals surface area contributed by atoms with E-state index in [1.165, 1.54) is 0 Å². The molecule has 2 N–H and O–H groups in total. The molecule has 1 aromatic rings. The molecule has 17 heavy (non-hydrogen) atoms. The highest BCUT2D eigenvalue weighted by molar-refractivity contribution is 6.31. The van der Waals surface area contributed by atoms with E-state index in [1.54, 1.807) is 11.6 Å². The molecule has 0 fully saturated rings. The minimum atomic E-state index is -0.825. The zero-order valence-corrected chi connectivity index (χ0v) is 12.0. The van der Waals surface area contributed by atoms with Crippen molar-refractivity contribution in [2.75, 3.05) is 6.54 Å². The van der Waals surface area contributed by atoms with Crippen molar-refractivity contribution in [3.8, 4) is 0 Å². The summed E-state index contributed by atoms with van der Waals surface area (Å²) in [5, 5.41) is 18.4. The molecule has 0 saturated carbocycles. The molecule has 1 atom stereocenters. The predicted molar refractivity (Wildman–Crippen MR) is 70.4 cm³/mol. The molecule has 0 amide bonds. The van der Waals surface area contributed by atoms with Crippen molar-refractivity contribution in [3.63, 3.8) is 0 Å². The van der Waals surface area contributed by atoms with E-state index in [2.05, 4.69) is 24.3 Å². The summed E-state index contributed by atoms with van der Waals surface area (Å²) in [6.45, 7) is 8.31.